The predicted molar refractivity (Wildman–Crippen MR) is 108 cm³/mol. The molecule has 0 unspecified atom stereocenters. The van der Waals surface area contributed by atoms with E-state index in [1.165, 1.54) is 9.13 Å². The molecule has 2 aromatic carbocycles. The molecular formula is C20H15BrN4O3. The zero-order chi connectivity index (χ0) is 19.7. The summed E-state index contributed by atoms with van der Waals surface area (Å²) < 4.78 is 8.74. The van der Waals surface area contributed by atoms with Gasteiger partial charge < -0.3 is 4.52 Å². The molecule has 8 heteroatoms. The van der Waals surface area contributed by atoms with Gasteiger partial charge in [-0.1, -0.05) is 51.4 Å². The van der Waals surface area contributed by atoms with E-state index >= 15 is 0 Å². The van der Waals surface area contributed by atoms with Crippen molar-refractivity contribution in [2.24, 2.45) is 0 Å². The second kappa shape index (κ2) is 7.40. The summed E-state index contributed by atoms with van der Waals surface area (Å²) in [5, 5.41) is 3.95. The third kappa shape index (κ3) is 3.46. The highest BCUT2D eigenvalue weighted by molar-refractivity contribution is 9.10. The molecule has 0 N–H and O–H groups in total. The van der Waals surface area contributed by atoms with E-state index in [9.17, 15) is 9.59 Å². The van der Waals surface area contributed by atoms with Gasteiger partial charge in [-0.25, -0.2) is 0 Å². The van der Waals surface area contributed by atoms with Crippen molar-refractivity contribution in [3.8, 4) is 17.1 Å². The number of hydrogen-bond acceptors (Lipinski definition) is 5. The Bertz CT molecular complexity index is 1270. The number of aryl methyl sites for hydroxylation is 1. The van der Waals surface area contributed by atoms with Crippen molar-refractivity contribution in [3.63, 3.8) is 0 Å². The van der Waals surface area contributed by atoms with Crippen LogP contribution in [0, 0.1) is 6.92 Å². The Hall–Kier alpha value is -3.26. The van der Waals surface area contributed by atoms with Crippen LogP contribution in [-0.2, 0) is 6.54 Å². The Balaban J connectivity index is 1.65. The molecule has 0 saturated carbocycles. The van der Waals surface area contributed by atoms with Gasteiger partial charge in [-0.15, -0.1) is 0 Å². The van der Waals surface area contributed by atoms with E-state index in [1.807, 2.05) is 49.4 Å². The minimum Gasteiger partial charge on any atom is -0.337 e. The van der Waals surface area contributed by atoms with Crippen molar-refractivity contribution in [1.82, 2.24) is 19.3 Å². The first kappa shape index (κ1) is 18.1. The van der Waals surface area contributed by atoms with Gasteiger partial charge in [-0.05, 0) is 30.7 Å². The lowest BCUT2D eigenvalue weighted by Gasteiger charge is -2.09. The highest BCUT2D eigenvalue weighted by atomic mass is 79.9. The first-order valence-corrected chi connectivity index (χ1v) is 9.29. The molecule has 4 rings (SSSR count). The molecule has 0 aliphatic rings. The van der Waals surface area contributed by atoms with E-state index in [-0.39, 0.29) is 12.4 Å². The molecule has 0 amide bonds. The van der Waals surface area contributed by atoms with Crippen LogP contribution in [0.15, 0.2) is 79.5 Å². The van der Waals surface area contributed by atoms with Crippen LogP contribution < -0.4 is 11.1 Å². The number of para-hydroxylation sites is 1. The molecule has 4 aromatic rings. The van der Waals surface area contributed by atoms with Crippen molar-refractivity contribution < 1.29 is 4.52 Å². The molecule has 0 saturated heterocycles. The van der Waals surface area contributed by atoms with Crippen molar-refractivity contribution in [1.29, 1.82) is 0 Å². The third-order valence-corrected chi connectivity index (χ3v) is 4.78. The molecule has 0 atom stereocenters. The lowest BCUT2D eigenvalue weighted by Crippen LogP contribution is -2.40. The summed E-state index contributed by atoms with van der Waals surface area (Å²) in [6, 6.07) is 14.9. The number of halogens is 1. The summed E-state index contributed by atoms with van der Waals surface area (Å²) in [5.41, 5.74) is 1.06. The lowest BCUT2D eigenvalue weighted by molar-refractivity contribution is 0.369. The highest BCUT2D eigenvalue weighted by Gasteiger charge is 2.13. The van der Waals surface area contributed by atoms with Gasteiger partial charge in [0.25, 0.3) is 0 Å². The molecular weight excluding hydrogens is 424 g/mol. The lowest BCUT2D eigenvalue weighted by atomic mass is 10.2. The Labute approximate surface area is 168 Å². The van der Waals surface area contributed by atoms with E-state index in [0.29, 0.717) is 11.5 Å². The zero-order valence-corrected chi connectivity index (χ0v) is 16.5. The van der Waals surface area contributed by atoms with Crippen LogP contribution in [0.1, 0.15) is 11.5 Å². The number of benzene rings is 2. The van der Waals surface area contributed by atoms with E-state index in [4.69, 9.17) is 4.52 Å². The fourth-order valence-electron chi connectivity index (χ4n) is 2.87. The first-order chi connectivity index (χ1) is 13.5. The zero-order valence-electron chi connectivity index (χ0n) is 14.9. The normalized spacial score (nSPS) is 10.9. The Kier molecular flexibility index (Phi) is 4.79. The van der Waals surface area contributed by atoms with Crippen molar-refractivity contribution >= 4 is 15.9 Å². The van der Waals surface area contributed by atoms with E-state index in [2.05, 4.69) is 26.1 Å². The minimum absolute atomic E-state index is 0.0175. The number of hydrogen-bond donors (Lipinski definition) is 0. The predicted octanol–water partition coefficient (Wildman–Crippen LogP) is 3.17. The van der Waals surface area contributed by atoms with Gasteiger partial charge in [0.1, 0.15) is 6.54 Å². The maximum atomic E-state index is 12.6. The van der Waals surface area contributed by atoms with Crippen LogP contribution in [0.4, 0.5) is 0 Å². The Morgan fingerprint density at radius 2 is 1.86 bits per heavy atom. The fourth-order valence-corrected chi connectivity index (χ4v) is 3.27. The Morgan fingerprint density at radius 1 is 1.04 bits per heavy atom. The number of nitrogens with zero attached hydrogens (tertiary/aromatic N) is 4. The molecule has 140 valence electrons. The van der Waals surface area contributed by atoms with E-state index in [0.717, 1.165) is 15.6 Å². The van der Waals surface area contributed by atoms with Gasteiger partial charge in [-0.2, -0.15) is 4.98 Å². The molecule has 7 nitrogen and oxygen atoms in total. The van der Waals surface area contributed by atoms with Gasteiger partial charge in [0, 0.05) is 22.4 Å². The summed E-state index contributed by atoms with van der Waals surface area (Å²) >= 11 is 3.40. The SMILES string of the molecule is Cc1ccccc1-n1ccn(Cc2nc(-c3cccc(Br)c3)no2)c(=O)c1=O. The second-order valence-electron chi connectivity index (χ2n) is 6.21. The second-order valence-corrected chi connectivity index (χ2v) is 7.13. The third-order valence-electron chi connectivity index (χ3n) is 4.29. The molecule has 0 aliphatic carbocycles. The molecule has 0 fully saturated rings. The van der Waals surface area contributed by atoms with Gasteiger partial charge in [-0.3, -0.25) is 18.7 Å². The molecule has 28 heavy (non-hydrogen) atoms. The topological polar surface area (TPSA) is 82.9 Å². The van der Waals surface area contributed by atoms with Crippen LogP contribution in [0.3, 0.4) is 0 Å². The molecule has 0 bridgehead atoms. The van der Waals surface area contributed by atoms with Gasteiger partial charge in [0.2, 0.25) is 11.7 Å². The number of aromatic nitrogens is 4. The van der Waals surface area contributed by atoms with Crippen molar-refractivity contribution in [2.75, 3.05) is 0 Å². The van der Waals surface area contributed by atoms with Crippen LogP contribution in [0.2, 0.25) is 0 Å². The maximum Gasteiger partial charge on any atom is 0.320 e. The van der Waals surface area contributed by atoms with Gasteiger partial charge in [0.15, 0.2) is 0 Å². The van der Waals surface area contributed by atoms with Crippen molar-refractivity contribution in [2.45, 2.75) is 13.5 Å². The smallest absolute Gasteiger partial charge is 0.320 e. The summed E-state index contributed by atoms with van der Waals surface area (Å²) in [6.07, 6.45) is 3.11. The maximum absolute atomic E-state index is 12.6. The number of rotatable bonds is 4. The van der Waals surface area contributed by atoms with Crippen LogP contribution in [0.5, 0.6) is 0 Å². The van der Waals surface area contributed by atoms with Crippen LogP contribution in [-0.4, -0.2) is 19.3 Å². The van der Waals surface area contributed by atoms with Crippen LogP contribution in [0.25, 0.3) is 17.1 Å². The van der Waals surface area contributed by atoms with Gasteiger partial charge >= 0.3 is 11.1 Å². The molecule has 0 radical (unpaired) electrons. The van der Waals surface area contributed by atoms with E-state index < -0.39 is 11.1 Å². The Morgan fingerprint density at radius 3 is 2.64 bits per heavy atom. The average Bonchev–Trinajstić information content (AvgIpc) is 3.15. The monoisotopic (exact) mass is 438 g/mol. The molecule has 2 heterocycles. The standard InChI is InChI=1S/C20H15BrN4O3/c1-13-5-2-3-8-16(13)25-10-9-24(19(26)20(25)27)12-17-22-18(23-28-17)14-6-4-7-15(21)11-14/h2-11H,12H2,1H3. The minimum atomic E-state index is -0.659. The summed E-state index contributed by atoms with van der Waals surface area (Å²) in [4.78, 5) is 29.4. The van der Waals surface area contributed by atoms with Crippen molar-refractivity contribution in [3.05, 3.63) is 97.6 Å². The summed E-state index contributed by atoms with van der Waals surface area (Å²) in [5.74, 6) is 0.655. The molecule has 0 spiro atoms. The van der Waals surface area contributed by atoms with Gasteiger partial charge in [0.05, 0.1) is 5.69 Å². The quantitative estimate of drug-likeness (QED) is 0.457. The fraction of sp³-hybridized carbons (Fsp3) is 0.100. The summed E-state index contributed by atoms with van der Waals surface area (Å²) in [7, 11) is 0. The van der Waals surface area contributed by atoms with E-state index in [1.54, 1.807) is 18.5 Å². The average molecular weight is 439 g/mol. The highest BCUT2D eigenvalue weighted by Crippen LogP contribution is 2.20. The largest absolute Gasteiger partial charge is 0.337 e. The molecule has 0 aliphatic heterocycles. The van der Waals surface area contributed by atoms with Crippen LogP contribution >= 0.6 is 15.9 Å². The summed E-state index contributed by atoms with van der Waals surface area (Å²) in [6.45, 7) is 1.90. The first-order valence-electron chi connectivity index (χ1n) is 8.49. The molecule has 2 aromatic heterocycles.